The molecule has 134 valence electrons. The first-order valence-corrected chi connectivity index (χ1v) is 8.55. The molecule has 4 heteroatoms. The monoisotopic (exact) mass is 356 g/mol. The molecule has 0 saturated heterocycles. The van der Waals surface area contributed by atoms with Gasteiger partial charge in [-0.15, -0.1) is 0 Å². The van der Waals surface area contributed by atoms with Gasteiger partial charge < -0.3 is 9.73 Å². The predicted octanol–water partition coefficient (Wildman–Crippen LogP) is 5.57. The summed E-state index contributed by atoms with van der Waals surface area (Å²) in [4.78, 5) is 13.5. The molecule has 0 radical (unpaired) electrons. The van der Waals surface area contributed by atoms with Crippen LogP contribution >= 0.6 is 0 Å². The maximum atomic E-state index is 9.06. The molecule has 1 N–H and O–H groups in total. The van der Waals surface area contributed by atoms with Crippen molar-refractivity contribution in [1.82, 2.24) is 4.98 Å². The van der Waals surface area contributed by atoms with Gasteiger partial charge in [-0.2, -0.15) is 0 Å². The van der Waals surface area contributed by atoms with Crippen molar-refractivity contribution >= 4 is 23.1 Å². The first kappa shape index (κ1) is 18.1. The molecule has 2 aromatic carbocycles. The summed E-state index contributed by atoms with van der Waals surface area (Å²) in [5.41, 5.74) is 5.98. The Morgan fingerprint density at radius 1 is 1.00 bits per heavy atom. The first-order valence-electron chi connectivity index (χ1n) is 8.55. The van der Waals surface area contributed by atoms with Gasteiger partial charge in [0.1, 0.15) is 17.6 Å². The van der Waals surface area contributed by atoms with E-state index in [9.17, 15) is 0 Å². The fraction of sp³-hybridized carbons (Fsp3) is 0.0435. The molecule has 4 rings (SSSR count). The molecule has 0 spiro atoms. The van der Waals surface area contributed by atoms with Gasteiger partial charge in [0, 0.05) is 36.1 Å². The topological polar surface area (TPSA) is 55.1 Å². The van der Waals surface area contributed by atoms with Crippen LogP contribution < -0.4 is 5.32 Å². The normalized spacial score (nSPS) is 9.96. The van der Waals surface area contributed by atoms with Gasteiger partial charge in [-0.3, -0.25) is 9.78 Å². The minimum atomic E-state index is 0.639. The lowest BCUT2D eigenvalue weighted by Crippen LogP contribution is -1.87. The average Bonchev–Trinajstić information content (AvgIpc) is 3.19. The van der Waals surface area contributed by atoms with E-state index in [4.69, 9.17) is 9.21 Å². The molecule has 0 atom stereocenters. The zero-order valence-electron chi connectivity index (χ0n) is 15.1. The Bertz CT molecular complexity index is 1050. The predicted molar refractivity (Wildman–Crippen MR) is 111 cm³/mol. The van der Waals surface area contributed by atoms with Gasteiger partial charge >= 0.3 is 0 Å². The van der Waals surface area contributed by atoms with E-state index in [2.05, 4.69) is 35.1 Å². The number of furan rings is 1. The van der Waals surface area contributed by atoms with Crippen LogP contribution in [-0.2, 0) is 4.79 Å². The van der Waals surface area contributed by atoms with E-state index >= 15 is 0 Å². The minimum Gasteiger partial charge on any atom is -0.454 e. The van der Waals surface area contributed by atoms with E-state index in [-0.39, 0.29) is 0 Å². The third-order valence-electron chi connectivity index (χ3n) is 4.03. The maximum Gasteiger partial charge on any atom is 0.161 e. The molecule has 0 aliphatic carbocycles. The van der Waals surface area contributed by atoms with E-state index in [0.29, 0.717) is 6.29 Å². The van der Waals surface area contributed by atoms with Gasteiger partial charge in [0.15, 0.2) is 5.58 Å². The summed E-state index contributed by atoms with van der Waals surface area (Å²) in [6.45, 7) is 3.11. The molecule has 27 heavy (non-hydrogen) atoms. The number of benzene rings is 2. The van der Waals surface area contributed by atoms with E-state index in [1.165, 1.54) is 6.08 Å². The molecule has 0 aliphatic rings. The third kappa shape index (κ3) is 4.12. The number of carbonyl (C=O) groups is 1. The largest absolute Gasteiger partial charge is 0.454 e. The molecule has 0 saturated carbocycles. The van der Waals surface area contributed by atoms with Crippen molar-refractivity contribution in [1.29, 1.82) is 0 Å². The number of aldehydes is 1. The van der Waals surface area contributed by atoms with Crippen molar-refractivity contribution < 1.29 is 9.21 Å². The Kier molecular flexibility index (Phi) is 5.80. The molecule has 4 aromatic rings. The summed E-state index contributed by atoms with van der Waals surface area (Å²) >= 11 is 0. The van der Waals surface area contributed by atoms with Gasteiger partial charge in [-0.1, -0.05) is 49.0 Å². The number of allylic oxidation sites excluding steroid dienone is 1. The number of rotatable bonds is 4. The first-order chi connectivity index (χ1) is 13.3. The van der Waals surface area contributed by atoms with Crippen LogP contribution in [0.15, 0.2) is 90.0 Å². The van der Waals surface area contributed by atoms with Gasteiger partial charge in [-0.25, -0.2) is 0 Å². The molecule has 2 aromatic heterocycles. The number of carbonyl (C=O) groups excluding carboxylic acids is 1. The van der Waals surface area contributed by atoms with Crippen molar-refractivity contribution in [3.63, 3.8) is 0 Å². The number of fused-ring (bicyclic) bond motifs is 1. The van der Waals surface area contributed by atoms with Crippen molar-refractivity contribution in [3.05, 3.63) is 85.6 Å². The van der Waals surface area contributed by atoms with E-state index in [0.717, 1.165) is 39.2 Å². The van der Waals surface area contributed by atoms with Crippen molar-refractivity contribution in [2.24, 2.45) is 0 Å². The van der Waals surface area contributed by atoms with Crippen molar-refractivity contribution in [3.8, 4) is 22.5 Å². The molecule has 2 heterocycles. The second-order valence-electron chi connectivity index (χ2n) is 5.75. The fourth-order valence-corrected chi connectivity index (χ4v) is 2.75. The molecule has 0 aliphatic heterocycles. The zero-order valence-corrected chi connectivity index (χ0v) is 15.1. The lowest BCUT2D eigenvalue weighted by molar-refractivity contribution is -0.104. The molecule has 0 unspecified atom stereocenters. The zero-order chi connectivity index (χ0) is 19.1. The van der Waals surface area contributed by atoms with Crippen LogP contribution in [0.5, 0.6) is 0 Å². The standard InChI is InChI=1S/C20H16N2O.C3H4O/c1-21-16-9-5-8-15(12-16)19-13-18-20(23-19)17(10-11-22-18)14-6-3-2-4-7-14;1-2-3-4/h2-13,21H,1H3;2-3H,1H2. The van der Waals surface area contributed by atoms with Gasteiger partial charge in [0.25, 0.3) is 0 Å². The smallest absolute Gasteiger partial charge is 0.161 e. The number of hydrogen-bond acceptors (Lipinski definition) is 4. The lowest BCUT2D eigenvalue weighted by atomic mass is 10.1. The summed E-state index contributed by atoms with van der Waals surface area (Å²) in [6, 6.07) is 22.4. The number of pyridine rings is 1. The van der Waals surface area contributed by atoms with Crippen LogP contribution in [0.2, 0.25) is 0 Å². The minimum absolute atomic E-state index is 0.639. The number of anilines is 1. The number of nitrogens with zero attached hydrogens (tertiary/aromatic N) is 1. The average molecular weight is 356 g/mol. The Morgan fingerprint density at radius 3 is 2.44 bits per heavy atom. The highest BCUT2D eigenvalue weighted by Gasteiger charge is 2.12. The maximum absolute atomic E-state index is 9.06. The molecule has 0 fully saturated rings. The van der Waals surface area contributed by atoms with Crippen LogP contribution in [-0.4, -0.2) is 18.3 Å². The van der Waals surface area contributed by atoms with Crippen LogP contribution in [0.4, 0.5) is 5.69 Å². The highest BCUT2D eigenvalue weighted by Crippen LogP contribution is 2.34. The molecule has 4 nitrogen and oxygen atoms in total. The SMILES string of the molecule is C=CC=O.CNc1cccc(-c2cc3nccc(-c4ccccc4)c3o2)c1. The van der Waals surface area contributed by atoms with Crippen molar-refractivity contribution in [2.45, 2.75) is 0 Å². The number of hydrogen-bond donors (Lipinski definition) is 1. The summed E-state index contributed by atoms with van der Waals surface area (Å²) in [7, 11) is 1.91. The Labute approximate surface area is 158 Å². The Hall–Kier alpha value is -3.66. The van der Waals surface area contributed by atoms with Gasteiger partial charge in [0.2, 0.25) is 0 Å². The fourth-order valence-electron chi connectivity index (χ4n) is 2.75. The van der Waals surface area contributed by atoms with Crippen molar-refractivity contribution in [2.75, 3.05) is 12.4 Å². The third-order valence-corrected chi connectivity index (χ3v) is 4.03. The quantitative estimate of drug-likeness (QED) is 0.383. The molecule has 0 bridgehead atoms. The Morgan fingerprint density at radius 2 is 1.74 bits per heavy atom. The second kappa shape index (κ2) is 8.63. The van der Waals surface area contributed by atoms with E-state index < -0.39 is 0 Å². The van der Waals surface area contributed by atoms with Crippen LogP contribution in [0.25, 0.3) is 33.6 Å². The molecular weight excluding hydrogens is 336 g/mol. The number of aromatic nitrogens is 1. The summed E-state index contributed by atoms with van der Waals surface area (Å²) in [5.74, 6) is 0.827. The van der Waals surface area contributed by atoms with Crippen LogP contribution in [0.1, 0.15) is 0 Å². The van der Waals surface area contributed by atoms with Gasteiger partial charge in [0.05, 0.1) is 0 Å². The second-order valence-corrected chi connectivity index (χ2v) is 5.75. The summed E-state index contributed by atoms with van der Waals surface area (Å²) < 4.78 is 6.15. The highest BCUT2D eigenvalue weighted by molar-refractivity contribution is 5.92. The molecular formula is C23H20N2O2. The van der Waals surface area contributed by atoms with E-state index in [1.54, 1.807) is 0 Å². The van der Waals surface area contributed by atoms with Gasteiger partial charge in [-0.05, 0) is 29.8 Å². The lowest BCUT2D eigenvalue weighted by Gasteiger charge is -2.03. The Balaban J connectivity index is 0.000000481. The summed E-state index contributed by atoms with van der Waals surface area (Å²) in [5, 5.41) is 3.15. The number of nitrogens with one attached hydrogen (secondary N) is 1. The van der Waals surface area contributed by atoms with Crippen LogP contribution in [0.3, 0.4) is 0 Å². The van der Waals surface area contributed by atoms with E-state index in [1.807, 2.05) is 61.8 Å². The molecule has 0 amide bonds. The van der Waals surface area contributed by atoms with Crippen LogP contribution in [0, 0.1) is 0 Å². The highest BCUT2D eigenvalue weighted by atomic mass is 16.3. The summed E-state index contributed by atoms with van der Waals surface area (Å²) in [6.07, 6.45) is 3.66.